The molecule has 78 valence electrons. The molecular weight excluding hydrogens is 180 g/mol. The molecule has 6 nitrogen and oxygen atoms in total. The van der Waals surface area contributed by atoms with Crippen molar-refractivity contribution in [3.8, 4) is 0 Å². The molecule has 0 amide bonds. The van der Waals surface area contributed by atoms with Crippen LogP contribution in [0.5, 0.6) is 0 Å². The van der Waals surface area contributed by atoms with Gasteiger partial charge in [-0.3, -0.25) is 0 Å². The zero-order chi connectivity index (χ0) is 10.9. The SMILES string of the molecule is [2H][C@@]1(CO)O[C@H](CO)[C@@H](O)[C@H](O)[C@H]1O. The summed E-state index contributed by atoms with van der Waals surface area (Å²) < 4.78 is 12.2. The van der Waals surface area contributed by atoms with Gasteiger partial charge in [0.05, 0.1) is 14.6 Å². The first-order chi connectivity index (χ1) is 6.46. The Morgan fingerprint density at radius 2 is 1.62 bits per heavy atom. The Balaban J connectivity index is 2.84. The van der Waals surface area contributed by atoms with Crippen molar-refractivity contribution < 1.29 is 31.6 Å². The van der Waals surface area contributed by atoms with E-state index in [2.05, 4.69) is 0 Å². The largest absolute Gasteiger partial charge is 0.394 e. The van der Waals surface area contributed by atoms with Gasteiger partial charge < -0.3 is 30.3 Å². The average Bonchev–Trinajstić information content (AvgIpc) is 2.20. The van der Waals surface area contributed by atoms with Crippen LogP contribution in [-0.4, -0.2) is 69.2 Å². The molecule has 1 heterocycles. The van der Waals surface area contributed by atoms with Crippen molar-refractivity contribution in [3.63, 3.8) is 0 Å². The summed E-state index contributed by atoms with van der Waals surface area (Å²) in [7, 11) is 0. The molecule has 0 aromatic heterocycles. The van der Waals surface area contributed by atoms with Crippen molar-refractivity contribution in [2.75, 3.05) is 13.2 Å². The number of ether oxygens (including phenoxy) is 1. The number of hydrogen-bond acceptors (Lipinski definition) is 6. The molecule has 5 N–H and O–H groups in total. The highest BCUT2D eigenvalue weighted by molar-refractivity contribution is 4.91. The molecule has 13 heavy (non-hydrogen) atoms. The standard InChI is InChI=1S/C7H14O6/c8-1-3-5(10)7(12)6(11)4(2-9)13-3/h3-12H,1-2H2/t3-,4+,5-,6+,7+/i3D/m0/s1. The summed E-state index contributed by atoms with van der Waals surface area (Å²) >= 11 is 0. The minimum absolute atomic E-state index is 0.606. The van der Waals surface area contributed by atoms with Gasteiger partial charge in [0.2, 0.25) is 0 Å². The molecule has 0 radical (unpaired) electrons. The molecule has 1 aliphatic rings. The zero-order valence-corrected chi connectivity index (χ0v) is 6.87. The van der Waals surface area contributed by atoms with E-state index in [4.69, 9.17) is 16.3 Å². The molecule has 0 bridgehead atoms. The Bertz CT molecular complexity index is 201. The topological polar surface area (TPSA) is 110 Å². The minimum atomic E-state index is -2.11. The summed E-state index contributed by atoms with van der Waals surface area (Å²) in [5, 5.41) is 45.4. The lowest BCUT2D eigenvalue weighted by Crippen LogP contribution is -2.59. The van der Waals surface area contributed by atoms with Gasteiger partial charge in [-0.05, 0) is 0 Å². The van der Waals surface area contributed by atoms with Gasteiger partial charge >= 0.3 is 0 Å². The van der Waals surface area contributed by atoms with Crippen LogP contribution >= 0.6 is 0 Å². The first-order valence-corrected chi connectivity index (χ1v) is 3.90. The molecule has 0 aliphatic carbocycles. The summed E-state index contributed by atoms with van der Waals surface area (Å²) in [5.74, 6) is 0. The molecule has 0 unspecified atom stereocenters. The van der Waals surface area contributed by atoms with E-state index in [1.807, 2.05) is 0 Å². The Morgan fingerprint density at radius 3 is 2.08 bits per heavy atom. The van der Waals surface area contributed by atoms with Crippen molar-refractivity contribution in [1.29, 1.82) is 0 Å². The maximum Gasteiger partial charge on any atom is 0.111 e. The molecule has 0 spiro atoms. The zero-order valence-electron chi connectivity index (χ0n) is 7.87. The molecule has 1 aliphatic heterocycles. The van der Waals surface area contributed by atoms with Gasteiger partial charge in [0.1, 0.15) is 30.5 Å². The van der Waals surface area contributed by atoms with Gasteiger partial charge in [-0.15, -0.1) is 0 Å². The molecule has 6 heteroatoms. The maximum absolute atomic E-state index is 9.32. The van der Waals surface area contributed by atoms with Crippen LogP contribution in [-0.2, 0) is 4.74 Å². The van der Waals surface area contributed by atoms with Gasteiger partial charge in [-0.1, -0.05) is 0 Å². The second kappa shape index (κ2) is 4.32. The van der Waals surface area contributed by atoms with Gasteiger partial charge in [0.15, 0.2) is 0 Å². The van der Waals surface area contributed by atoms with Crippen LogP contribution in [0, 0.1) is 0 Å². The average molecular weight is 195 g/mol. The molecule has 0 aromatic rings. The van der Waals surface area contributed by atoms with E-state index in [-0.39, 0.29) is 0 Å². The number of hydrogen-bond donors (Lipinski definition) is 5. The monoisotopic (exact) mass is 195 g/mol. The summed E-state index contributed by atoms with van der Waals surface area (Å²) in [4.78, 5) is 0. The van der Waals surface area contributed by atoms with Crippen LogP contribution in [0.2, 0.25) is 0 Å². The lowest BCUT2D eigenvalue weighted by Gasteiger charge is -2.39. The van der Waals surface area contributed by atoms with Crippen LogP contribution in [0.3, 0.4) is 0 Å². The number of rotatable bonds is 2. The second-order valence-electron chi connectivity index (χ2n) is 2.89. The quantitative estimate of drug-likeness (QED) is 0.318. The van der Waals surface area contributed by atoms with Crippen molar-refractivity contribution in [2.45, 2.75) is 30.5 Å². The molecule has 0 saturated carbocycles. The Hall–Kier alpha value is -0.240. The van der Waals surface area contributed by atoms with Crippen molar-refractivity contribution >= 4 is 0 Å². The Labute approximate surface area is 76.4 Å². The first-order valence-electron chi connectivity index (χ1n) is 4.40. The Kier molecular flexibility index (Phi) is 3.09. The molecule has 0 aromatic carbocycles. The Morgan fingerprint density at radius 1 is 1.00 bits per heavy atom. The fraction of sp³-hybridized carbons (Fsp3) is 1.00. The smallest absolute Gasteiger partial charge is 0.111 e. The highest BCUT2D eigenvalue weighted by Gasteiger charge is 2.42. The van der Waals surface area contributed by atoms with Crippen molar-refractivity contribution in [1.82, 2.24) is 0 Å². The normalized spacial score (nSPS) is 53.2. The van der Waals surface area contributed by atoms with Crippen LogP contribution in [0.15, 0.2) is 0 Å². The van der Waals surface area contributed by atoms with Crippen LogP contribution < -0.4 is 0 Å². The predicted octanol–water partition coefficient (Wildman–Crippen LogP) is -3.18. The van der Waals surface area contributed by atoms with E-state index >= 15 is 0 Å². The molecule has 1 fully saturated rings. The van der Waals surface area contributed by atoms with Gasteiger partial charge in [-0.25, -0.2) is 0 Å². The third kappa shape index (κ3) is 1.98. The minimum Gasteiger partial charge on any atom is -0.394 e. The van der Waals surface area contributed by atoms with E-state index < -0.39 is 43.7 Å². The number of aliphatic hydroxyl groups is 5. The van der Waals surface area contributed by atoms with Crippen LogP contribution in [0.1, 0.15) is 1.37 Å². The summed E-state index contributed by atoms with van der Waals surface area (Å²) in [5.41, 5.74) is 0. The lowest BCUT2D eigenvalue weighted by molar-refractivity contribution is -0.235. The van der Waals surface area contributed by atoms with E-state index in [0.717, 1.165) is 0 Å². The van der Waals surface area contributed by atoms with E-state index in [0.29, 0.717) is 0 Å². The van der Waals surface area contributed by atoms with Gasteiger partial charge in [0, 0.05) is 0 Å². The fourth-order valence-electron chi connectivity index (χ4n) is 1.21. The summed E-state index contributed by atoms with van der Waals surface area (Å²) in [6.07, 6.45) is -8.10. The van der Waals surface area contributed by atoms with E-state index in [9.17, 15) is 15.3 Å². The third-order valence-corrected chi connectivity index (χ3v) is 2.02. The van der Waals surface area contributed by atoms with Crippen LogP contribution in [0.25, 0.3) is 0 Å². The maximum atomic E-state index is 9.32. The highest BCUT2D eigenvalue weighted by Crippen LogP contribution is 2.20. The molecule has 5 atom stereocenters. The van der Waals surface area contributed by atoms with E-state index in [1.54, 1.807) is 0 Å². The third-order valence-electron chi connectivity index (χ3n) is 2.02. The first kappa shape index (κ1) is 9.32. The fourth-order valence-corrected chi connectivity index (χ4v) is 1.21. The summed E-state index contributed by atoms with van der Waals surface area (Å²) in [6.45, 7) is -1.44. The van der Waals surface area contributed by atoms with Gasteiger partial charge in [0.25, 0.3) is 0 Å². The second-order valence-corrected chi connectivity index (χ2v) is 2.89. The summed E-state index contributed by atoms with van der Waals surface area (Å²) in [6, 6.07) is 0. The highest BCUT2D eigenvalue weighted by atomic mass is 16.6. The van der Waals surface area contributed by atoms with E-state index in [1.165, 1.54) is 0 Å². The molecule has 1 rings (SSSR count). The lowest BCUT2D eigenvalue weighted by atomic mass is 9.95. The molecular formula is C7H14O6. The molecule has 1 saturated heterocycles. The number of aliphatic hydroxyl groups excluding tert-OH is 5. The van der Waals surface area contributed by atoms with Crippen molar-refractivity contribution in [2.24, 2.45) is 0 Å². The predicted molar refractivity (Wildman–Crippen MR) is 40.9 cm³/mol. The van der Waals surface area contributed by atoms with Crippen molar-refractivity contribution in [3.05, 3.63) is 0 Å². The van der Waals surface area contributed by atoms with Gasteiger partial charge in [-0.2, -0.15) is 0 Å². The van der Waals surface area contributed by atoms with Crippen LogP contribution in [0.4, 0.5) is 0 Å².